The first-order valence-electron chi connectivity index (χ1n) is 9.87. The molecule has 0 spiro atoms. The van der Waals surface area contributed by atoms with E-state index >= 15 is 0 Å². The average Bonchev–Trinajstić information content (AvgIpc) is 3.20. The van der Waals surface area contributed by atoms with E-state index in [4.69, 9.17) is 0 Å². The molecule has 0 saturated heterocycles. The Morgan fingerprint density at radius 2 is 1.93 bits per heavy atom. The molecule has 1 aliphatic rings. The van der Waals surface area contributed by atoms with Crippen molar-refractivity contribution in [2.75, 3.05) is 17.6 Å². The Labute approximate surface area is 179 Å². The monoisotopic (exact) mass is 424 g/mol. The topological polar surface area (TPSA) is 58.1 Å². The van der Waals surface area contributed by atoms with Crippen LogP contribution in [-0.2, 0) is 19.5 Å². The molecule has 0 radical (unpaired) electrons. The van der Waals surface area contributed by atoms with Crippen molar-refractivity contribution in [2.24, 2.45) is 0 Å². The molecule has 7 heteroatoms. The van der Waals surface area contributed by atoms with Crippen molar-refractivity contribution in [1.82, 2.24) is 15.1 Å². The number of rotatable bonds is 7. The minimum Gasteiger partial charge on any atom is -0.296 e. The van der Waals surface area contributed by atoms with Crippen LogP contribution in [0.2, 0.25) is 0 Å². The number of nitrogens with zero attached hydrogens (tertiary/aromatic N) is 3. The van der Waals surface area contributed by atoms with Crippen molar-refractivity contribution in [3.8, 4) is 0 Å². The summed E-state index contributed by atoms with van der Waals surface area (Å²) in [6.45, 7) is 5.07. The summed E-state index contributed by atoms with van der Waals surface area (Å²) in [5, 5.41) is 11.6. The lowest BCUT2D eigenvalue weighted by Crippen LogP contribution is -2.29. The number of fused-ring (bicyclic) bond motifs is 1. The number of amides is 1. The second kappa shape index (κ2) is 9.52. The molecule has 0 bridgehead atoms. The van der Waals surface area contributed by atoms with Gasteiger partial charge in [0, 0.05) is 31.0 Å². The Balaban J connectivity index is 1.33. The maximum absolute atomic E-state index is 12.5. The maximum atomic E-state index is 12.5. The lowest BCUT2D eigenvalue weighted by atomic mass is 9.99. The third-order valence-electron chi connectivity index (χ3n) is 4.89. The Hall–Kier alpha value is -2.22. The summed E-state index contributed by atoms with van der Waals surface area (Å²) >= 11 is 3.09. The van der Waals surface area contributed by atoms with Gasteiger partial charge < -0.3 is 0 Å². The number of carbonyl (C=O) groups excluding carboxylic acids is 1. The van der Waals surface area contributed by atoms with Gasteiger partial charge in [0.1, 0.15) is 0 Å². The number of hydrogen-bond acceptors (Lipinski definition) is 6. The van der Waals surface area contributed by atoms with E-state index in [-0.39, 0.29) is 5.91 Å². The molecule has 0 saturated carbocycles. The van der Waals surface area contributed by atoms with Crippen LogP contribution in [0.15, 0.2) is 52.9 Å². The van der Waals surface area contributed by atoms with E-state index in [1.165, 1.54) is 28.0 Å². The van der Waals surface area contributed by atoms with Crippen LogP contribution in [-0.4, -0.2) is 33.3 Å². The normalized spacial score (nSPS) is 13.8. The van der Waals surface area contributed by atoms with Crippen LogP contribution >= 0.6 is 23.1 Å². The number of hydrogen-bond donors (Lipinski definition) is 1. The molecule has 1 amide bonds. The highest BCUT2D eigenvalue weighted by Gasteiger charge is 2.16. The van der Waals surface area contributed by atoms with Gasteiger partial charge >= 0.3 is 0 Å². The zero-order valence-electron chi connectivity index (χ0n) is 16.4. The molecule has 150 valence electrons. The average molecular weight is 425 g/mol. The maximum Gasteiger partial charge on any atom is 0.257 e. The van der Waals surface area contributed by atoms with E-state index in [9.17, 15) is 4.79 Å². The lowest BCUT2D eigenvalue weighted by molar-refractivity contribution is 0.102. The largest absolute Gasteiger partial charge is 0.296 e. The van der Waals surface area contributed by atoms with Gasteiger partial charge in [0.2, 0.25) is 5.13 Å². The van der Waals surface area contributed by atoms with Crippen molar-refractivity contribution < 1.29 is 4.79 Å². The summed E-state index contributed by atoms with van der Waals surface area (Å²) in [6.07, 6.45) is 2.18. The van der Waals surface area contributed by atoms with Gasteiger partial charge in [-0.05, 0) is 41.7 Å². The highest BCUT2D eigenvalue weighted by molar-refractivity contribution is 8.01. The first kappa shape index (κ1) is 20.1. The van der Waals surface area contributed by atoms with E-state index in [0.717, 1.165) is 42.6 Å². The summed E-state index contributed by atoms with van der Waals surface area (Å²) in [7, 11) is 0. The molecule has 1 N–H and O–H groups in total. The fraction of sp³-hybridized carbons (Fsp3) is 0.318. The molecule has 1 aliphatic heterocycles. The summed E-state index contributed by atoms with van der Waals surface area (Å²) in [4.78, 5) is 14.9. The van der Waals surface area contributed by atoms with Crippen molar-refractivity contribution in [3.63, 3.8) is 0 Å². The van der Waals surface area contributed by atoms with Crippen molar-refractivity contribution >= 4 is 34.1 Å². The smallest absolute Gasteiger partial charge is 0.257 e. The highest BCUT2D eigenvalue weighted by atomic mass is 32.2. The molecule has 3 aromatic rings. The molecule has 4 rings (SSSR count). The van der Waals surface area contributed by atoms with E-state index in [1.54, 1.807) is 11.8 Å². The van der Waals surface area contributed by atoms with Crippen LogP contribution in [0.4, 0.5) is 5.13 Å². The lowest BCUT2D eigenvalue weighted by Gasteiger charge is -2.28. The Kier molecular flexibility index (Phi) is 6.59. The first-order valence-corrected chi connectivity index (χ1v) is 11.7. The predicted molar refractivity (Wildman–Crippen MR) is 120 cm³/mol. The molecular formula is C22H24N4OS2. The number of benzene rings is 2. The van der Waals surface area contributed by atoms with Gasteiger partial charge in [0.05, 0.1) is 0 Å². The van der Waals surface area contributed by atoms with Crippen LogP contribution < -0.4 is 5.32 Å². The molecule has 1 aromatic heterocycles. The van der Waals surface area contributed by atoms with Gasteiger partial charge in [-0.25, -0.2) is 0 Å². The van der Waals surface area contributed by atoms with Crippen molar-refractivity contribution in [1.29, 1.82) is 0 Å². The van der Waals surface area contributed by atoms with E-state index in [0.29, 0.717) is 10.7 Å². The SMILES string of the molecule is CCCSc1nnc(NC(=O)c2ccc(CN3CCc4ccccc4C3)cc2)s1. The predicted octanol–water partition coefficient (Wildman–Crippen LogP) is 4.85. The minimum absolute atomic E-state index is 0.147. The van der Waals surface area contributed by atoms with Crippen molar-refractivity contribution in [3.05, 3.63) is 70.8 Å². The summed E-state index contributed by atoms with van der Waals surface area (Å²) < 4.78 is 0.889. The van der Waals surface area contributed by atoms with E-state index in [2.05, 4.69) is 51.6 Å². The third kappa shape index (κ3) is 5.23. The van der Waals surface area contributed by atoms with Gasteiger partial charge in [-0.1, -0.05) is 66.4 Å². The molecule has 0 fully saturated rings. The Morgan fingerprint density at radius 3 is 2.72 bits per heavy atom. The van der Waals surface area contributed by atoms with Gasteiger partial charge in [-0.3, -0.25) is 15.0 Å². The molecule has 5 nitrogen and oxygen atoms in total. The quantitative estimate of drug-likeness (QED) is 0.434. The zero-order valence-corrected chi connectivity index (χ0v) is 18.1. The summed E-state index contributed by atoms with van der Waals surface area (Å²) in [5.41, 5.74) is 4.73. The molecule has 2 aromatic carbocycles. The van der Waals surface area contributed by atoms with Crippen LogP contribution in [0.1, 0.15) is 40.4 Å². The molecule has 0 unspecified atom stereocenters. The van der Waals surface area contributed by atoms with Gasteiger partial charge in [0.25, 0.3) is 5.91 Å². The molecule has 0 atom stereocenters. The molecule has 29 heavy (non-hydrogen) atoms. The van der Waals surface area contributed by atoms with E-state index in [1.807, 2.05) is 24.3 Å². The minimum atomic E-state index is -0.147. The zero-order chi connectivity index (χ0) is 20.1. The first-order chi connectivity index (χ1) is 14.2. The standard InChI is InChI=1S/C22H24N4OS2/c1-2-13-28-22-25-24-21(29-22)23-20(27)18-9-7-16(8-10-18)14-26-12-11-17-5-3-4-6-19(17)15-26/h3-10H,2,11-15H2,1H3,(H,23,24,27). The summed E-state index contributed by atoms with van der Waals surface area (Å²) in [6, 6.07) is 16.5. The number of anilines is 1. The van der Waals surface area contributed by atoms with Crippen LogP contribution in [0, 0.1) is 0 Å². The van der Waals surface area contributed by atoms with Gasteiger partial charge in [-0.2, -0.15) is 0 Å². The Bertz CT molecular complexity index is 971. The fourth-order valence-electron chi connectivity index (χ4n) is 3.39. The number of thioether (sulfide) groups is 1. The van der Waals surface area contributed by atoms with Gasteiger partial charge in [-0.15, -0.1) is 10.2 Å². The molecule has 0 aliphatic carbocycles. The fourth-order valence-corrected chi connectivity index (χ4v) is 5.06. The van der Waals surface area contributed by atoms with Crippen LogP contribution in [0.3, 0.4) is 0 Å². The molecule has 2 heterocycles. The van der Waals surface area contributed by atoms with Crippen LogP contribution in [0.25, 0.3) is 0 Å². The summed E-state index contributed by atoms with van der Waals surface area (Å²) in [5.74, 6) is 0.860. The highest BCUT2D eigenvalue weighted by Crippen LogP contribution is 2.26. The Morgan fingerprint density at radius 1 is 1.14 bits per heavy atom. The number of aromatic nitrogens is 2. The van der Waals surface area contributed by atoms with Crippen molar-refractivity contribution in [2.45, 2.75) is 37.2 Å². The second-order valence-corrected chi connectivity index (χ2v) is 9.42. The molecular weight excluding hydrogens is 400 g/mol. The van der Waals surface area contributed by atoms with E-state index < -0.39 is 0 Å². The number of nitrogens with one attached hydrogen (secondary N) is 1. The second-order valence-electron chi connectivity index (χ2n) is 7.10. The van der Waals surface area contributed by atoms with Crippen LogP contribution in [0.5, 0.6) is 0 Å². The number of carbonyl (C=O) groups is 1. The third-order valence-corrected chi connectivity index (χ3v) is 7.07. The van der Waals surface area contributed by atoms with Gasteiger partial charge in [0.15, 0.2) is 4.34 Å².